The summed E-state index contributed by atoms with van der Waals surface area (Å²) in [7, 11) is -3.58. The molecule has 2 aromatic carbocycles. The molecule has 0 N–H and O–H groups in total. The van der Waals surface area contributed by atoms with Gasteiger partial charge in [-0.2, -0.15) is 5.26 Å². The van der Waals surface area contributed by atoms with Gasteiger partial charge in [-0.15, -0.1) is 0 Å². The monoisotopic (exact) mass is 674 g/mol. The molecule has 2 heterocycles. The molecule has 0 saturated carbocycles. The third kappa shape index (κ3) is 7.49. The number of fused-ring (bicyclic) bond motifs is 2. The molecule has 0 saturated heterocycles. The van der Waals surface area contributed by atoms with Gasteiger partial charge in [0, 0.05) is 27.5 Å². The van der Waals surface area contributed by atoms with Crippen molar-refractivity contribution < 1.29 is 77.7 Å². The van der Waals surface area contributed by atoms with Gasteiger partial charge < -0.3 is 21.3 Å². The van der Waals surface area contributed by atoms with Crippen molar-refractivity contribution in [3.05, 3.63) is 65.5 Å². The van der Waals surface area contributed by atoms with Crippen LogP contribution < -0.4 is 60.9 Å². The minimum atomic E-state index is -3.41. The van der Waals surface area contributed by atoms with E-state index >= 15 is 0 Å². The van der Waals surface area contributed by atoms with Crippen LogP contribution in [0.25, 0.3) is 21.8 Å². The van der Waals surface area contributed by atoms with Crippen LogP contribution >= 0.6 is 15.9 Å². The molecule has 10 nitrogen and oxygen atoms in total. The van der Waals surface area contributed by atoms with E-state index < -0.39 is 20.0 Å². The summed E-state index contributed by atoms with van der Waals surface area (Å²) in [6.45, 7) is 8.27. The van der Waals surface area contributed by atoms with E-state index in [0.717, 1.165) is 39.6 Å². The first-order chi connectivity index (χ1) is 18.3. The average Bonchev–Trinajstić information content (AvgIpc) is 3.34. The third-order valence-electron chi connectivity index (χ3n) is 6.03. The molecular weight excluding hydrogens is 647 g/mol. The standard InChI is InChI=1S/C13H14N2O3S.C12H14BrNO3S.CN.K/c1-9-11(6-7-14)12-8-10(18-2)4-5-13(12)15(9)19(3,16)17;1-8-11(7-13)10-6-9(17-2)4-5-12(10)14(8)18(3,15)16;1-2;/h4-5,8H,6H2,1-3H3;4-6H,7H2,1-3H3;;/q;;-1;+1. The van der Waals surface area contributed by atoms with Gasteiger partial charge in [-0.3, -0.25) is 0 Å². The summed E-state index contributed by atoms with van der Waals surface area (Å²) in [5, 5.41) is 17.4. The van der Waals surface area contributed by atoms with E-state index in [-0.39, 0.29) is 57.8 Å². The number of alkyl halides is 1. The molecule has 0 aliphatic carbocycles. The minimum absolute atomic E-state index is 0. The number of rotatable bonds is 6. The van der Waals surface area contributed by atoms with Crippen molar-refractivity contribution in [3.8, 4) is 17.6 Å². The van der Waals surface area contributed by atoms with Crippen molar-refractivity contribution in [1.82, 2.24) is 7.94 Å². The Morgan fingerprint density at radius 1 is 0.825 bits per heavy atom. The number of aromatic nitrogens is 2. The van der Waals surface area contributed by atoms with Crippen LogP contribution in [-0.4, -0.2) is 51.5 Å². The fraction of sp³-hybridized carbons (Fsp3) is 0.308. The summed E-state index contributed by atoms with van der Waals surface area (Å²) in [5.74, 6) is 1.35. The molecule has 4 rings (SSSR count). The maximum atomic E-state index is 11.9. The number of hydrogen-bond donors (Lipinski definition) is 0. The molecule has 0 unspecified atom stereocenters. The van der Waals surface area contributed by atoms with Gasteiger partial charge >= 0.3 is 51.4 Å². The van der Waals surface area contributed by atoms with Gasteiger partial charge in [0.15, 0.2) is 0 Å². The zero-order chi connectivity index (χ0) is 29.7. The molecule has 4 aromatic rings. The Morgan fingerprint density at radius 2 is 1.20 bits per heavy atom. The molecule has 0 spiro atoms. The molecule has 0 amide bonds. The summed E-state index contributed by atoms with van der Waals surface area (Å²) in [4.78, 5) is 0. The Balaban J connectivity index is 0.000000368. The van der Waals surface area contributed by atoms with Crippen molar-refractivity contribution in [2.45, 2.75) is 25.6 Å². The van der Waals surface area contributed by atoms with E-state index in [1.165, 1.54) is 14.2 Å². The maximum Gasteiger partial charge on any atom is 1.00 e. The van der Waals surface area contributed by atoms with Crippen LogP contribution in [-0.2, 0) is 31.8 Å². The van der Waals surface area contributed by atoms with Crippen molar-refractivity contribution in [2.75, 3.05) is 26.7 Å². The normalized spacial score (nSPS) is 10.9. The topological polar surface area (TPSA) is 144 Å². The SMILES string of the molecule is COc1ccc2c(c1)c(CBr)c(C)n2S(C)(=O)=O.COc1ccc2c(c1)c(CC#N)c(C)n2S(C)(=O)=O.[C-]#N.[K+]. The maximum absolute atomic E-state index is 11.9. The van der Waals surface area contributed by atoms with Crippen LogP contribution in [0.1, 0.15) is 22.5 Å². The Bertz CT molecular complexity index is 1800. The van der Waals surface area contributed by atoms with Crippen molar-refractivity contribution in [1.29, 1.82) is 10.5 Å². The molecule has 0 aliphatic rings. The predicted octanol–water partition coefficient (Wildman–Crippen LogP) is 1.59. The summed E-state index contributed by atoms with van der Waals surface area (Å²) < 4.78 is 60.5. The van der Waals surface area contributed by atoms with Crippen molar-refractivity contribution >= 4 is 57.8 Å². The quantitative estimate of drug-likeness (QED) is 0.170. The Kier molecular flexibility index (Phi) is 13.4. The van der Waals surface area contributed by atoms with Crippen LogP contribution in [0, 0.1) is 37.0 Å². The number of benzene rings is 2. The van der Waals surface area contributed by atoms with Gasteiger partial charge in [-0.25, -0.2) is 24.8 Å². The van der Waals surface area contributed by atoms with Crippen LogP contribution in [0.15, 0.2) is 36.4 Å². The van der Waals surface area contributed by atoms with E-state index in [1.807, 2.05) is 13.0 Å². The summed E-state index contributed by atoms with van der Waals surface area (Å²) >= 11 is 3.41. The van der Waals surface area contributed by atoms with Crippen molar-refractivity contribution in [3.63, 3.8) is 0 Å². The molecule has 0 bridgehead atoms. The molecule has 14 heteroatoms. The molecule has 0 aliphatic heterocycles. The van der Waals surface area contributed by atoms with E-state index in [9.17, 15) is 16.8 Å². The van der Waals surface area contributed by atoms with E-state index in [4.69, 9.17) is 26.6 Å². The van der Waals surface area contributed by atoms with Crippen LogP contribution in [0.3, 0.4) is 0 Å². The van der Waals surface area contributed by atoms with E-state index in [0.29, 0.717) is 27.8 Å². The zero-order valence-corrected chi connectivity index (χ0v) is 29.7. The third-order valence-corrected chi connectivity index (χ3v) is 8.86. The first-order valence-electron chi connectivity index (χ1n) is 11.2. The second kappa shape index (κ2) is 14.8. The molecule has 0 radical (unpaired) electrons. The average molecular weight is 676 g/mol. The van der Waals surface area contributed by atoms with Gasteiger partial charge in [0.1, 0.15) is 11.5 Å². The summed E-state index contributed by atoms with van der Waals surface area (Å²) in [6, 6.07) is 12.6. The predicted molar refractivity (Wildman–Crippen MR) is 154 cm³/mol. The van der Waals surface area contributed by atoms with Gasteiger partial charge in [0.25, 0.3) is 0 Å². The van der Waals surface area contributed by atoms with Crippen LogP contribution in [0.5, 0.6) is 11.5 Å². The Morgan fingerprint density at radius 3 is 1.52 bits per heavy atom. The molecule has 40 heavy (non-hydrogen) atoms. The molecule has 2 aromatic heterocycles. The largest absolute Gasteiger partial charge is 1.00 e. The first kappa shape index (κ1) is 36.1. The van der Waals surface area contributed by atoms with E-state index in [2.05, 4.69) is 22.0 Å². The fourth-order valence-corrected chi connectivity index (χ4v) is 7.40. The van der Waals surface area contributed by atoms with Crippen LogP contribution in [0.2, 0.25) is 0 Å². The van der Waals surface area contributed by atoms with Gasteiger partial charge in [0.05, 0.1) is 50.3 Å². The Labute approximate surface area is 286 Å². The molecule has 208 valence electrons. The second-order valence-electron chi connectivity index (χ2n) is 8.42. The van der Waals surface area contributed by atoms with Crippen LogP contribution in [0.4, 0.5) is 0 Å². The molecular formula is C26H28BrKN4O6S2. The smallest absolute Gasteiger partial charge is 0.512 e. The zero-order valence-electron chi connectivity index (χ0n) is 23.3. The Hall–Kier alpha value is -1.88. The minimum Gasteiger partial charge on any atom is -0.512 e. The number of nitrogens with zero attached hydrogens (tertiary/aromatic N) is 4. The number of ether oxygens (including phenoxy) is 2. The first-order valence-corrected chi connectivity index (χ1v) is 16.0. The second-order valence-corrected chi connectivity index (χ2v) is 12.6. The number of hydrogen-bond acceptors (Lipinski definition) is 8. The number of halogens is 1. The molecule has 0 fully saturated rings. The molecule has 0 atom stereocenters. The number of methoxy groups -OCH3 is 2. The van der Waals surface area contributed by atoms with Crippen molar-refractivity contribution in [2.24, 2.45) is 0 Å². The summed E-state index contributed by atoms with van der Waals surface area (Å²) in [5.41, 5.74) is 4.26. The van der Waals surface area contributed by atoms with Gasteiger partial charge in [-0.05, 0) is 61.4 Å². The van der Waals surface area contributed by atoms with Gasteiger partial charge in [0.2, 0.25) is 20.0 Å². The van der Waals surface area contributed by atoms with E-state index in [1.54, 1.807) is 51.5 Å². The van der Waals surface area contributed by atoms with Gasteiger partial charge in [-0.1, -0.05) is 15.9 Å². The summed E-state index contributed by atoms with van der Waals surface area (Å²) in [6.07, 6.45) is 2.53. The fourth-order valence-electron chi connectivity index (χ4n) is 4.44. The number of nitriles is 1.